The number of amides is 1. The molecule has 4 N–H and O–H groups in total. The molecule has 0 bridgehead atoms. The summed E-state index contributed by atoms with van der Waals surface area (Å²) in [5.41, 5.74) is 5.05. The number of carboxylic acids is 1. The number of carbonyl (C=O) groups is 2. The van der Waals surface area contributed by atoms with Crippen LogP contribution in [0.5, 0.6) is 0 Å². The maximum atomic E-state index is 13.2. The molecule has 2 heterocycles. The molecule has 2 aromatic heterocycles. The molecule has 0 aliphatic carbocycles. The third kappa shape index (κ3) is 5.70. The number of hydrazone groups is 1. The van der Waals surface area contributed by atoms with Gasteiger partial charge in [0.25, 0.3) is 5.91 Å². The highest BCUT2D eigenvalue weighted by atomic mass is 32.1. The average Bonchev–Trinajstić information content (AvgIpc) is 3.50. The Kier molecular flexibility index (Phi) is 7.62. The lowest BCUT2D eigenvalue weighted by molar-refractivity contribution is -0.138. The minimum Gasteiger partial charge on any atom is -0.481 e. The predicted octanol–water partition coefficient (Wildman–Crippen LogP) is 5.24. The summed E-state index contributed by atoms with van der Waals surface area (Å²) in [7, 11) is 0. The molecule has 4 rings (SSSR count). The number of nitrogens with one attached hydrogen (secondary N) is 3. The summed E-state index contributed by atoms with van der Waals surface area (Å²) in [6.07, 6.45) is 0. The van der Waals surface area contributed by atoms with Gasteiger partial charge < -0.3 is 5.11 Å². The maximum absolute atomic E-state index is 13.2. The van der Waals surface area contributed by atoms with E-state index < -0.39 is 17.8 Å². The molecule has 0 aliphatic rings. The topological polar surface area (TPSA) is 140 Å². The van der Waals surface area contributed by atoms with Gasteiger partial charge in [0.1, 0.15) is 0 Å². The third-order valence-electron chi connectivity index (χ3n) is 5.18. The van der Waals surface area contributed by atoms with Crippen LogP contribution in [0.3, 0.4) is 0 Å². The maximum Gasteiger partial charge on any atom is 0.312 e. The van der Waals surface area contributed by atoms with E-state index in [2.05, 4.69) is 25.8 Å². The lowest BCUT2D eigenvalue weighted by atomic mass is 10.1. The molecular weight excluding hydrogens is 496 g/mol. The van der Waals surface area contributed by atoms with Crippen molar-refractivity contribution in [2.45, 2.75) is 19.8 Å². The van der Waals surface area contributed by atoms with Crippen LogP contribution in [0.4, 0.5) is 10.3 Å². The first-order valence-corrected chi connectivity index (χ1v) is 12.5. The average molecular weight is 519 g/mol. The molecule has 1 amide bonds. The van der Waals surface area contributed by atoms with Gasteiger partial charge in [-0.3, -0.25) is 25.7 Å². The van der Waals surface area contributed by atoms with Crippen molar-refractivity contribution in [1.29, 1.82) is 5.41 Å². The van der Waals surface area contributed by atoms with Crippen molar-refractivity contribution in [2.24, 2.45) is 5.10 Å². The van der Waals surface area contributed by atoms with Gasteiger partial charge in [-0.05, 0) is 13.8 Å². The summed E-state index contributed by atoms with van der Waals surface area (Å²) in [5, 5.41) is 27.4. The number of carbonyl (C=O) groups excluding carboxylic acids is 1. The van der Waals surface area contributed by atoms with Gasteiger partial charge in [-0.2, -0.15) is 5.10 Å². The molecule has 0 spiro atoms. The second-order valence-corrected chi connectivity index (χ2v) is 9.75. The Bertz CT molecular complexity index is 1430. The fraction of sp³-hybridized carbons (Fsp3) is 0.120. The molecule has 0 radical (unpaired) electrons. The molecule has 182 valence electrons. The summed E-state index contributed by atoms with van der Waals surface area (Å²) < 4.78 is 0. The van der Waals surface area contributed by atoms with Crippen LogP contribution in [0, 0.1) is 12.3 Å². The van der Waals surface area contributed by atoms with Crippen LogP contribution in [0.2, 0.25) is 0 Å². The first kappa shape index (κ1) is 24.9. The standard InChI is InChI=1S/C25H22N6O3S2/c1-14(23(33)34)20-15(2)36-25(28-20)31-30-21(19(26)17-11-7-4-8-12-17)22(32)29-24-27-18(13-35-24)16-9-5-3-6-10-16/h3-14,26H,1-2H3,(H,28,31)(H,33,34)(H,27,29,32)/b26-19?,30-21-. The van der Waals surface area contributed by atoms with Crippen LogP contribution in [-0.2, 0) is 9.59 Å². The lowest BCUT2D eigenvalue weighted by Gasteiger charge is -2.08. The van der Waals surface area contributed by atoms with Gasteiger partial charge in [0.15, 0.2) is 10.8 Å². The van der Waals surface area contributed by atoms with Crippen LogP contribution in [-0.4, -0.2) is 38.4 Å². The molecule has 9 nitrogen and oxygen atoms in total. The number of aromatic nitrogens is 2. The SMILES string of the molecule is Cc1sc(N/N=C(/C(=N)c2ccccc2)C(=O)Nc2nc(-c3ccccc3)cs2)nc1C(C)C(=O)O. The van der Waals surface area contributed by atoms with Crippen molar-refractivity contribution in [3.63, 3.8) is 0 Å². The number of benzene rings is 2. The molecule has 1 unspecified atom stereocenters. The lowest BCUT2D eigenvalue weighted by Crippen LogP contribution is -2.31. The number of nitrogens with zero attached hydrogens (tertiary/aromatic N) is 3. The summed E-state index contributed by atoms with van der Waals surface area (Å²) in [5.74, 6) is -2.38. The van der Waals surface area contributed by atoms with Crippen LogP contribution in [0.15, 0.2) is 71.1 Å². The molecule has 1 atom stereocenters. The highest BCUT2D eigenvalue weighted by Gasteiger charge is 2.23. The number of thiazole rings is 2. The molecule has 11 heteroatoms. The Balaban J connectivity index is 1.60. The van der Waals surface area contributed by atoms with E-state index in [-0.39, 0.29) is 11.4 Å². The van der Waals surface area contributed by atoms with E-state index in [1.165, 1.54) is 22.7 Å². The van der Waals surface area contributed by atoms with Crippen LogP contribution >= 0.6 is 22.7 Å². The Hall–Kier alpha value is -4.22. The quantitative estimate of drug-likeness (QED) is 0.176. The van der Waals surface area contributed by atoms with E-state index in [1.54, 1.807) is 38.1 Å². The summed E-state index contributed by atoms with van der Waals surface area (Å²) in [6.45, 7) is 3.33. The van der Waals surface area contributed by atoms with Crippen molar-refractivity contribution in [3.8, 4) is 11.3 Å². The predicted molar refractivity (Wildman–Crippen MR) is 143 cm³/mol. The third-order valence-corrected chi connectivity index (χ3v) is 6.83. The molecule has 0 fully saturated rings. The van der Waals surface area contributed by atoms with Crippen molar-refractivity contribution in [1.82, 2.24) is 9.97 Å². The van der Waals surface area contributed by atoms with Crippen molar-refractivity contribution in [3.05, 3.63) is 82.2 Å². The number of rotatable bonds is 9. The molecule has 0 saturated heterocycles. The molecule has 0 aliphatic heterocycles. The fourth-order valence-electron chi connectivity index (χ4n) is 3.27. The highest BCUT2D eigenvalue weighted by Crippen LogP contribution is 2.28. The Morgan fingerprint density at radius 1 is 1.03 bits per heavy atom. The van der Waals surface area contributed by atoms with E-state index in [0.717, 1.165) is 16.1 Å². The van der Waals surface area contributed by atoms with E-state index >= 15 is 0 Å². The Morgan fingerprint density at radius 3 is 2.36 bits per heavy atom. The fourth-order valence-corrected chi connectivity index (χ4v) is 4.84. The van der Waals surface area contributed by atoms with Crippen molar-refractivity contribution >= 4 is 56.2 Å². The van der Waals surface area contributed by atoms with E-state index in [4.69, 9.17) is 5.41 Å². The molecule has 4 aromatic rings. The molecular formula is C25H22N6O3S2. The zero-order valence-electron chi connectivity index (χ0n) is 19.4. The second-order valence-electron chi connectivity index (χ2n) is 7.69. The molecule has 0 saturated carbocycles. The van der Waals surface area contributed by atoms with Gasteiger partial charge in [-0.25, -0.2) is 9.97 Å². The van der Waals surface area contributed by atoms with Crippen LogP contribution in [0.25, 0.3) is 11.3 Å². The zero-order valence-corrected chi connectivity index (χ0v) is 21.0. The van der Waals surface area contributed by atoms with Gasteiger partial charge >= 0.3 is 5.97 Å². The van der Waals surface area contributed by atoms with Gasteiger partial charge in [0.2, 0.25) is 5.13 Å². The number of hydrogen-bond donors (Lipinski definition) is 4. The Morgan fingerprint density at radius 2 is 1.69 bits per heavy atom. The van der Waals surface area contributed by atoms with E-state index in [1.807, 2.05) is 41.8 Å². The van der Waals surface area contributed by atoms with Crippen LogP contribution < -0.4 is 10.7 Å². The van der Waals surface area contributed by atoms with Crippen LogP contribution in [0.1, 0.15) is 29.0 Å². The first-order valence-electron chi connectivity index (χ1n) is 10.8. The molecule has 2 aromatic carbocycles. The number of aliphatic carboxylic acids is 1. The molecule has 36 heavy (non-hydrogen) atoms. The highest BCUT2D eigenvalue weighted by molar-refractivity contribution is 7.15. The van der Waals surface area contributed by atoms with Crippen molar-refractivity contribution < 1.29 is 14.7 Å². The number of carboxylic acid groups (broad SMARTS) is 1. The normalized spacial score (nSPS) is 12.1. The van der Waals surface area contributed by atoms with Crippen molar-refractivity contribution in [2.75, 3.05) is 10.7 Å². The van der Waals surface area contributed by atoms with E-state index in [0.29, 0.717) is 21.5 Å². The first-order chi connectivity index (χ1) is 17.3. The largest absolute Gasteiger partial charge is 0.481 e. The number of hydrogen-bond acceptors (Lipinski definition) is 9. The van der Waals surface area contributed by atoms with Gasteiger partial charge in [0.05, 0.1) is 23.0 Å². The monoisotopic (exact) mass is 518 g/mol. The number of anilines is 2. The van der Waals surface area contributed by atoms with Gasteiger partial charge in [-0.1, -0.05) is 60.7 Å². The smallest absolute Gasteiger partial charge is 0.312 e. The number of aryl methyl sites for hydroxylation is 1. The minimum absolute atomic E-state index is 0.0900. The Labute approximate surface area is 215 Å². The summed E-state index contributed by atoms with van der Waals surface area (Å²) >= 11 is 2.49. The second kappa shape index (κ2) is 11.0. The zero-order chi connectivity index (χ0) is 25.7. The summed E-state index contributed by atoms with van der Waals surface area (Å²) in [4.78, 5) is 34.1. The van der Waals surface area contributed by atoms with E-state index in [9.17, 15) is 14.7 Å². The van der Waals surface area contributed by atoms with Gasteiger partial charge in [0, 0.05) is 21.4 Å². The summed E-state index contributed by atoms with van der Waals surface area (Å²) in [6, 6.07) is 18.4. The van der Waals surface area contributed by atoms with Gasteiger partial charge in [-0.15, -0.1) is 22.7 Å². The minimum atomic E-state index is -0.984.